The van der Waals surface area contributed by atoms with Gasteiger partial charge in [-0.05, 0) is 61.0 Å². The van der Waals surface area contributed by atoms with Crippen LogP contribution in [0.5, 0.6) is 0 Å². The lowest BCUT2D eigenvalue weighted by Crippen LogP contribution is -2.35. The first kappa shape index (κ1) is 20.4. The van der Waals surface area contributed by atoms with Crippen molar-refractivity contribution in [2.45, 2.75) is 6.92 Å². The largest absolute Gasteiger partial charge is 0.337 e. The Kier molecular flexibility index (Phi) is 5.57. The number of halogens is 1. The van der Waals surface area contributed by atoms with Gasteiger partial charge in [0.2, 0.25) is 0 Å². The molecule has 152 valence electrons. The number of imide groups is 1. The molecule has 0 saturated carbocycles. The molecule has 3 aromatic carbocycles. The summed E-state index contributed by atoms with van der Waals surface area (Å²) in [6, 6.07) is 24.8. The lowest BCUT2D eigenvalue weighted by molar-refractivity contribution is -0.120. The van der Waals surface area contributed by atoms with Crippen LogP contribution in [0.1, 0.15) is 18.1 Å². The van der Waals surface area contributed by atoms with Crippen LogP contribution in [-0.2, 0) is 9.59 Å². The highest BCUT2D eigenvalue weighted by atomic mass is 35.5. The molecule has 0 aliphatic carbocycles. The van der Waals surface area contributed by atoms with Gasteiger partial charge >= 0.3 is 0 Å². The first-order chi connectivity index (χ1) is 15.0. The second kappa shape index (κ2) is 8.47. The van der Waals surface area contributed by atoms with E-state index in [1.54, 1.807) is 48.5 Å². The molecule has 5 nitrogen and oxygen atoms in total. The maximum absolute atomic E-state index is 13.6. The molecular weight excluding hydrogens is 410 g/mol. The van der Waals surface area contributed by atoms with Crippen LogP contribution in [0.3, 0.4) is 0 Å². The second-order valence-electron chi connectivity index (χ2n) is 6.91. The van der Waals surface area contributed by atoms with Crippen LogP contribution in [0.15, 0.2) is 84.6 Å². The number of benzene rings is 3. The van der Waals surface area contributed by atoms with Crippen LogP contribution in [-0.4, -0.2) is 18.4 Å². The molecular formula is C25H18ClN3O2. The molecule has 0 atom stereocenters. The zero-order chi connectivity index (χ0) is 22.0. The van der Waals surface area contributed by atoms with Crippen molar-refractivity contribution in [1.29, 1.82) is 5.26 Å². The number of carbonyl (C=O) groups excluding carboxylic acids is 2. The first-order valence-electron chi connectivity index (χ1n) is 9.77. The van der Waals surface area contributed by atoms with E-state index in [4.69, 9.17) is 16.9 Å². The highest BCUT2D eigenvalue weighted by molar-refractivity contribution is 6.46. The number of amides is 2. The normalized spacial score (nSPS) is 13.5. The van der Waals surface area contributed by atoms with Gasteiger partial charge in [-0.15, -0.1) is 0 Å². The van der Waals surface area contributed by atoms with Crippen LogP contribution >= 0.6 is 11.6 Å². The number of carbonyl (C=O) groups is 2. The van der Waals surface area contributed by atoms with Gasteiger partial charge in [0.05, 0.1) is 22.9 Å². The van der Waals surface area contributed by atoms with Gasteiger partial charge in [-0.2, -0.15) is 5.26 Å². The number of nitrogens with zero attached hydrogens (tertiary/aromatic N) is 3. The number of likely N-dealkylation sites (N-methyl/N-ethyl adjacent to an activating group) is 1. The minimum atomic E-state index is -0.415. The standard InChI is InChI=1S/C25H18ClN3O2/c1-2-28(20-6-4-3-5-7-20)23-22(18-10-12-19(26)13-11-18)24(30)29(25(23)31)21-14-8-17(16-27)9-15-21/h3-15H,2H2,1H3. The Bertz CT molecular complexity index is 1210. The van der Waals surface area contributed by atoms with Crippen molar-refractivity contribution in [3.63, 3.8) is 0 Å². The van der Waals surface area contributed by atoms with Gasteiger partial charge in [-0.3, -0.25) is 9.59 Å². The molecule has 0 saturated heterocycles. The molecule has 6 heteroatoms. The number of para-hydroxylation sites is 1. The zero-order valence-electron chi connectivity index (χ0n) is 16.7. The summed E-state index contributed by atoms with van der Waals surface area (Å²) in [5.74, 6) is -0.827. The average molecular weight is 428 g/mol. The van der Waals surface area contributed by atoms with Gasteiger partial charge in [0.25, 0.3) is 11.8 Å². The third-order valence-electron chi connectivity index (χ3n) is 5.10. The molecule has 1 aliphatic heterocycles. The number of rotatable bonds is 5. The van der Waals surface area contributed by atoms with E-state index in [1.807, 2.05) is 48.2 Å². The third-order valence-corrected chi connectivity index (χ3v) is 5.35. The summed E-state index contributed by atoms with van der Waals surface area (Å²) in [6.45, 7) is 2.43. The van der Waals surface area contributed by atoms with Crippen LogP contribution in [0.25, 0.3) is 5.57 Å². The number of hydrogen-bond acceptors (Lipinski definition) is 4. The lowest BCUT2D eigenvalue weighted by Gasteiger charge is -2.25. The fourth-order valence-corrected chi connectivity index (χ4v) is 3.77. The van der Waals surface area contributed by atoms with Gasteiger partial charge < -0.3 is 4.90 Å². The summed E-state index contributed by atoms with van der Waals surface area (Å²) < 4.78 is 0. The van der Waals surface area contributed by atoms with E-state index < -0.39 is 11.8 Å². The molecule has 0 unspecified atom stereocenters. The number of hydrogen-bond donors (Lipinski definition) is 0. The van der Waals surface area contributed by atoms with Crippen molar-refractivity contribution in [3.05, 3.63) is 101 Å². The highest BCUT2D eigenvalue weighted by Crippen LogP contribution is 2.37. The van der Waals surface area contributed by atoms with E-state index in [0.717, 1.165) is 10.6 Å². The zero-order valence-corrected chi connectivity index (χ0v) is 17.5. The highest BCUT2D eigenvalue weighted by Gasteiger charge is 2.42. The van der Waals surface area contributed by atoms with Crippen LogP contribution in [0.4, 0.5) is 11.4 Å². The lowest BCUT2D eigenvalue weighted by atomic mass is 10.0. The molecule has 0 fully saturated rings. The second-order valence-corrected chi connectivity index (χ2v) is 7.35. The van der Waals surface area contributed by atoms with Crippen molar-refractivity contribution in [1.82, 2.24) is 0 Å². The van der Waals surface area contributed by atoms with E-state index in [2.05, 4.69) is 0 Å². The molecule has 0 radical (unpaired) electrons. The molecule has 0 N–H and O–H groups in total. The molecule has 4 rings (SSSR count). The third kappa shape index (κ3) is 3.70. The van der Waals surface area contributed by atoms with Crippen molar-refractivity contribution in [2.75, 3.05) is 16.3 Å². The van der Waals surface area contributed by atoms with Crippen molar-refractivity contribution in [2.24, 2.45) is 0 Å². The van der Waals surface area contributed by atoms with Gasteiger partial charge in [0.1, 0.15) is 5.70 Å². The molecule has 0 bridgehead atoms. The Hall–Kier alpha value is -3.88. The van der Waals surface area contributed by atoms with Crippen molar-refractivity contribution >= 4 is 40.4 Å². The van der Waals surface area contributed by atoms with Gasteiger partial charge in [0, 0.05) is 17.3 Å². The quantitative estimate of drug-likeness (QED) is 0.536. The first-order valence-corrected chi connectivity index (χ1v) is 10.1. The van der Waals surface area contributed by atoms with E-state index in [9.17, 15) is 9.59 Å². The predicted molar refractivity (Wildman–Crippen MR) is 121 cm³/mol. The topological polar surface area (TPSA) is 64.4 Å². The summed E-state index contributed by atoms with van der Waals surface area (Å²) >= 11 is 6.04. The minimum Gasteiger partial charge on any atom is -0.337 e. The Morgan fingerprint density at radius 3 is 2.13 bits per heavy atom. The Morgan fingerprint density at radius 2 is 1.55 bits per heavy atom. The SMILES string of the molecule is CCN(C1=C(c2ccc(Cl)cc2)C(=O)N(c2ccc(C#N)cc2)C1=O)c1ccccc1. The Labute approximate surface area is 185 Å². The fourth-order valence-electron chi connectivity index (χ4n) is 3.64. The van der Waals surface area contributed by atoms with Crippen LogP contribution in [0.2, 0.25) is 5.02 Å². The van der Waals surface area contributed by atoms with E-state index in [1.165, 1.54) is 0 Å². The molecule has 3 aromatic rings. The molecule has 0 aromatic heterocycles. The summed E-state index contributed by atoms with van der Waals surface area (Å²) in [5.41, 5.74) is 2.92. The van der Waals surface area contributed by atoms with Gasteiger partial charge in [0.15, 0.2) is 0 Å². The maximum atomic E-state index is 13.6. The fraction of sp³-hybridized carbons (Fsp3) is 0.0800. The number of anilines is 2. The van der Waals surface area contributed by atoms with Gasteiger partial charge in [-0.1, -0.05) is 41.9 Å². The monoisotopic (exact) mass is 427 g/mol. The smallest absolute Gasteiger partial charge is 0.282 e. The van der Waals surface area contributed by atoms with Crippen molar-refractivity contribution < 1.29 is 9.59 Å². The van der Waals surface area contributed by atoms with Crippen molar-refractivity contribution in [3.8, 4) is 6.07 Å². The van der Waals surface area contributed by atoms with Crippen LogP contribution < -0.4 is 9.80 Å². The molecule has 0 spiro atoms. The Balaban J connectivity index is 1.88. The summed E-state index contributed by atoms with van der Waals surface area (Å²) in [7, 11) is 0. The molecule has 1 heterocycles. The number of nitriles is 1. The van der Waals surface area contributed by atoms with Crippen LogP contribution in [0, 0.1) is 11.3 Å². The summed E-state index contributed by atoms with van der Waals surface area (Å²) in [5, 5.41) is 9.60. The predicted octanol–water partition coefficient (Wildman–Crippen LogP) is 5.02. The molecule has 1 aliphatic rings. The summed E-state index contributed by atoms with van der Waals surface area (Å²) in [4.78, 5) is 30.2. The Morgan fingerprint density at radius 1 is 0.903 bits per heavy atom. The minimum absolute atomic E-state index is 0.311. The van der Waals surface area contributed by atoms with Gasteiger partial charge in [-0.25, -0.2) is 4.90 Å². The van der Waals surface area contributed by atoms with E-state index in [-0.39, 0.29) is 0 Å². The molecule has 31 heavy (non-hydrogen) atoms. The van der Waals surface area contributed by atoms with E-state index in [0.29, 0.717) is 39.7 Å². The summed E-state index contributed by atoms with van der Waals surface area (Å²) in [6.07, 6.45) is 0. The molecule has 2 amide bonds. The average Bonchev–Trinajstić information content (AvgIpc) is 3.06. The maximum Gasteiger partial charge on any atom is 0.282 e. The van der Waals surface area contributed by atoms with E-state index >= 15 is 0 Å².